The van der Waals surface area contributed by atoms with Crippen molar-refractivity contribution in [3.05, 3.63) is 33.8 Å². The lowest BCUT2D eigenvalue weighted by atomic mass is 10.2. The lowest BCUT2D eigenvalue weighted by Gasteiger charge is -2.12. The van der Waals surface area contributed by atoms with Crippen molar-refractivity contribution in [3.63, 3.8) is 0 Å². The first-order valence-corrected chi connectivity index (χ1v) is 5.08. The molecule has 0 aliphatic rings. The van der Waals surface area contributed by atoms with Crippen molar-refractivity contribution in [1.29, 1.82) is 0 Å². The van der Waals surface area contributed by atoms with Crippen LogP contribution < -0.4 is 0 Å². The molecular weight excluding hydrogens is 228 g/mol. The third-order valence-electron chi connectivity index (χ3n) is 1.72. The van der Waals surface area contributed by atoms with E-state index in [4.69, 9.17) is 35.0 Å². The Bertz CT molecular complexity index is 288. The Morgan fingerprint density at radius 2 is 2.00 bits per heavy atom. The third kappa shape index (κ3) is 3.03. The van der Waals surface area contributed by atoms with Gasteiger partial charge in [-0.3, -0.25) is 0 Å². The second-order valence-corrected chi connectivity index (χ2v) is 3.91. The average molecular weight is 239 g/mol. The minimum Gasteiger partial charge on any atom is -0.216 e. The van der Waals surface area contributed by atoms with E-state index >= 15 is 0 Å². The van der Waals surface area contributed by atoms with Crippen LogP contribution in [0.4, 0.5) is 0 Å². The Kier molecular flexibility index (Phi) is 4.33. The van der Waals surface area contributed by atoms with Crippen molar-refractivity contribution >= 4 is 35.0 Å². The van der Waals surface area contributed by atoms with E-state index < -0.39 is 0 Å². The zero-order valence-electron chi connectivity index (χ0n) is 7.23. The molecule has 0 aliphatic carbocycles. The molecule has 1 rings (SSSR count). The van der Waals surface area contributed by atoms with E-state index in [1.54, 1.807) is 10.5 Å². The highest BCUT2D eigenvalue weighted by atomic mass is 35.5. The molecule has 0 bridgehead atoms. The van der Waals surface area contributed by atoms with E-state index in [-0.39, 0.29) is 0 Å². The summed E-state index contributed by atoms with van der Waals surface area (Å²) in [5, 5.41) is 1.16. The maximum atomic E-state index is 5.98. The first kappa shape index (κ1) is 11.1. The molecule has 4 heteroatoms. The number of hydrogen-bond donors (Lipinski definition) is 0. The number of nitrogens with zero attached hydrogens (tertiary/aromatic N) is 1. The molecule has 1 nitrogen and oxygen atoms in total. The van der Waals surface area contributed by atoms with Gasteiger partial charge in [-0.05, 0) is 23.4 Å². The van der Waals surface area contributed by atoms with Crippen molar-refractivity contribution in [2.75, 3.05) is 6.54 Å². The highest BCUT2D eigenvalue weighted by Gasteiger charge is 2.06. The van der Waals surface area contributed by atoms with E-state index in [1.165, 1.54) is 0 Å². The summed E-state index contributed by atoms with van der Waals surface area (Å²) < 4.78 is 1.65. The monoisotopic (exact) mass is 237 g/mol. The van der Waals surface area contributed by atoms with E-state index in [1.807, 2.05) is 19.1 Å². The van der Waals surface area contributed by atoms with Crippen LogP contribution in [0.25, 0.3) is 0 Å². The first-order chi connectivity index (χ1) is 6.15. The Morgan fingerprint density at radius 3 is 2.62 bits per heavy atom. The molecule has 0 unspecified atom stereocenters. The highest BCUT2D eigenvalue weighted by Crippen LogP contribution is 2.26. The molecule has 0 spiro atoms. The van der Waals surface area contributed by atoms with E-state index in [0.29, 0.717) is 16.6 Å². The van der Waals surface area contributed by atoms with Crippen molar-refractivity contribution < 1.29 is 0 Å². The minimum atomic E-state index is 0.570. The average Bonchev–Trinajstić information content (AvgIpc) is 2.13. The van der Waals surface area contributed by atoms with Gasteiger partial charge in [0.2, 0.25) is 0 Å². The molecule has 0 saturated carbocycles. The van der Waals surface area contributed by atoms with Crippen LogP contribution in [0.15, 0.2) is 18.2 Å². The van der Waals surface area contributed by atoms with Crippen molar-refractivity contribution in [1.82, 2.24) is 4.42 Å². The summed E-state index contributed by atoms with van der Waals surface area (Å²) >= 11 is 17.7. The fourth-order valence-electron chi connectivity index (χ4n) is 0.967. The van der Waals surface area contributed by atoms with Gasteiger partial charge in [-0.25, -0.2) is 4.42 Å². The van der Waals surface area contributed by atoms with Crippen LogP contribution in [0.1, 0.15) is 12.5 Å². The van der Waals surface area contributed by atoms with Crippen molar-refractivity contribution in [2.24, 2.45) is 0 Å². The Morgan fingerprint density at radius 1 is 1.31 bits per heavy atom. The van der Waals surface area contributed by atoms with Gasteiger partial charge in [0.05, 0.1) is 10.0 Å². The van der Waals surface area contributed by atoms with Crippen LogP contribution in [0.2, 0.25) is 10.0 Å². The van der Waals surface area contributed by atoms with E-state index in [0.717, 1.165) is 12.1 Å². The summed E-state index contributed by atoms with van der Waals surface area (Å²) in [7, 11) is 0. The lowest BCUT2D eigenvalue weighted by molar-refractivity contribution is 0.475. The Labute approximate surface area is 93.3 Å². The number of benzene rings is 1. The van der Waals surface area contributed by atoms with Crippen molar-refractivity contribution in [3.8, 4) is 0 Å². The molecule has 72 valence electrons. The molecule has 0 amide bonds. The normalized spacial score (nSPS) is 10.8. The molecule has 0 N–H and O–H groups in total. The molecular formula is C9H10Cl3N. The molecule has 13 heavy (non-hydrogen) atoms. The van der Waals surface area contributed by atoms with Gasteiger partial charge in [0.25, 0.3) is 0 Å². The maximum absolute atomic E-state index is 5.98. The summed E-state index contributed by atoms with van der Waals surface area (Å²) in [6.07, 6.45) is 0. The largest absolute Gasteiger partial charge is 0.216 e. The second kappa shape index (κ2) is 5.06. The third-order valence-corrected chi connectivity index (χ3v) is 2.93. The number of hydrogen-bond acceptors (Lipinski definition) is 1. The zero-order chi connectivity index (χ0) is 9.84. The molecule has 1 aromatic rings. The van der Waals surface area contributed by atoms with Gasteiger partial charge in [-0.15, -0.1) is 0 Å². The molecule has 0 atom stereocenters. The number of rotatable bonds is 3. The van der Waals surface area contributed by atoms with Crippen LogP contribution in [0.5, 0.6) is 0 Å². The molecule has 0 radical (unpaired) electrons. The molecule has 0 aromatic heterocycles. The predicted molar refractivity (Wildman–Crippen MR) is 58.4 cm³/mol. The van der Waals surface area contributed by atoms with E-state index in [9.17, 15) is 0 Å². The quantitative estimate of drug-likeness (QED) is 0.720. The minimum absolute atomic E-state index is 0.570. The van der Waals surface area contributed by atoms with Crippen LogP contribution in [0.3, 0.4) is 0 Å². The smallest absolute Gasteiger partial charge is 0.0637 e. The summed E-state index contributed by atoms with van der Waals surface area (Å²) in [5.41, 5.74) is 0.950. The second-order valence-electron chi connectivity index (χ2n) is 2.65. The van der Waals surface area contributed by atoms with Gasteiger partial charge in [0.1, 0.15) is 0 Å². The number of halogens is 3. The van der Waals surface area contributed by atoms with Gasteiger partial charge in [0.15, 0.2) is 0 Å². The molecule has 0 fully saturated rings. The highest BCUT2D eigenvalue weighted by molar-refractivity contribution is 6.42. The van der Waals surface area contributed by atoms with Gasteiger partial charge in [0, 0.05) is 13.1 Å². The molecule has 1 aromatic carbocycles. The van der Waals surface area contributed by atoms with Gasteiger partial charge >= 0.3 is 0 Å². The van der Waals surface area contributed by atoms with Crippen LogP contribution in [-0.4, -0.2) is 11.0 Å². The Hall–Kier alpha value is 0.0500. The fourth-order valence-corrected chi connectivity index (χ4v) is 1.48. The predicted octanol–water partition coefficient (Wildman–Crippen LogP) is 3.97. The lowest BCUT2D eigenvalue weighted by Crippen LogP contribution is -2.10. The summed E-state index contributed by atoms with van der Waals surface area (Å²) in [5.74, 6) is 0. The summed E-state index contributed by atoms with van der Waals surface area (Å²) in [6.45, 7) is 3.35. The van der Waals surface area contributed by atoms with Gasteiger partial charge in [-0.2, -0.15) is 0 Å². The van der Waals surface area contributed by atoms with Crippen molar-refractivity contribution in [2.45, 2.75) is 13.5 Å². The van der Waals surface area contributed by atoms with Crippen LogP contribution in [-0.2, 0) is 6.54 Å². The standard InChI is InChI=1S/C9H10Cl3N/c1-2-13(12)6-7-4-3-5-8(10)9(7)11/h3-5H,2,6H2,1H3. The Balaban J connectivity index is 2.83. The summed E-state index contributed by atoms with van der Waals surface area (Å²) in [6, 6.07) is 5.54. The fraction of sp³-hybridized carbons (Fsp3) is 0.333. The van der Waals surface area contributed by atoms with Gasteiger partial charge < -0.3 is 0 Å². The van der Waals surface area contributed by atoms with Crippen LogP contribution >= 0.6 is 35.0 Å². The molecule has 0 saturated heterocycles. The van der Waals surface area contributed by atoms with Crippen LogP contribution in [0, 0.1) is 0 Å². The SMILES string of the molecule is CCN(Cl)Cc1cccc(Cl)c1Cl. The topological polar surface area (TPSA) is 3.24 Å². The maximum Gasteiger partial charge on any atom is 0.0637 e. The molecule has 0 aliphatic heterocycles. The van der Waals surface area contributed by atoms with E-state index in [2.05, 4.69) is 0 Å². The molecule has 0 heterocycles. The summed E-state index contributed by atoms with van der Waals surface area (Å²) in [4.78, 5) is 0. The zero-order valence-corrected chi connectivity index (χ0v) is 9.50. The van der Waals surface area contributed by atoms with Gasteiger partial charge in [-0.1, -0.05) is 42.3 Å². The first-order valence-electron chi connectivity index (χ1n) is 3.98.